The van der Waals surface area contributed by atoms with Crippen LogP contribution in [0.1, 0.15) is 24.3 Å². The van der Waals surface area contributed by atoms with Crippen molar-refractivity contribution >= 4 is 33.3 Å². The third-order valence-electron chi connectivity index (χ3n) is 2.56. The molecular formula is C10H10N2S2. The molecule has 0 unspecified atom stereocenters. The van der Waals surface area contributed by atoms with E-state index in [0.717, 1.165) is 10.9 Å². The van der Waals surface area contributed by atoms with E-state index in [1.165, 1.54) is 28.6 Å². The lowest BCUT2D eigenvalue weighted by molar-refractivity contribution is 1.09. The summed E-state index contributed by atoms with van der Waals surface area (Å²) in [5.41, 5.74) is 2.64. The Kier molecular flexibility index (Phi) is 1.99. The fraction of sp³-hybridized carbons (Fsp3) is 0.400. The maximum atomic E-state index is 4.40. The van der Waals surface area contributed by atoms with Crippen LogP contribution in [-0.4, -0.2) is 16.2 Å². The molecule has 3 rings (SSSR count). The van der Waals surface area contributed by atoms with E-state index >= 15 is 0 Å². The molecule has 0 radical (unpaired) electrons. The van der Waals surface area contributed by atoms with E-state index < -0.39 is 0 Å². The highest BCUT2D eigenvalue weighted by Gasteiger charge is 2.27. The molecule has 2 aromatic rings. The Bertz CT molecular complexity index is 474. The molecule has 2 heterocycles. The predicted octanol–water partition coefficient (Wildman–Crippen LogP) is 3.29. The van der Waals surface area contributed by atoms with Gasteiger partial charge in [-0.2, -0.15) is 0 Å². The van der Waals surface area contributed by atoms with Gasteiger partial charge in [0.25, 0.3) is 0 Å². The van der Waals surface area contributed by atoms with Gasteiger partial charge >= 0.3 is 0 Å². The minimum Gasteiger partial charge on any atom is -0.235 e. The molecule has 0 atom stereocenters. The third kappa shape index (κ3) is 1.25. The highest BCUT2D eigenvalue weighted by Crippen LogP contribution is 2.45. The van der Waals surface area contributed by atoms with Crippen LogP contribution < -0.4 is 0 Å². The molecule has 14 heavy (non-hydrogen) atoms. The maximum absolute atomic E-state index is 4.40. The van der Waals surface area contributed by atoms with Gasteiger partial charge in [0.1, 0.15) is 11.4 Å². The second kappa shape index (κ2) is 3.21. The topological polar surface area (TPSA) is 25.8 Å². The van der Waals surface area contributed by atoms with Gasteiger partial charge < -0.3 is 0 Å². The zero-order valence-corrected chi connectivity index (χ0v) is 9.49. The van der Waals surface area contributed by atoms with Crippen LogP contribution in [0.15, 0.2) is 16.7 Å². The summed E-state index contributed by atoms with van der Waals surface area (Å²) >= 11 is 3.49. The van der Waals surface area contributed by atoms with E-state index in [4.69, 9.17) is 0 Å². The van der Waals surface area contributed by atoms with Crippen molar-refractivity contribution in [2.45, 2.75) is 23.8 Å². The predicted molar refractivity (Wildman–Crippen MR) is 61.2 cm³/mol. The van der Waals surface area contributed by atoms with Crippen molar-refractivity contribution < 1.29 is 0 Å². The van der Waals surface area contributed by atoms with Crippen LogP contribution in [0.25, 0.3) is 10.2 Å². The summed E-state index contributed by atoms with van der Waals surface area (Å²) < 4.78 is 1.27. The van der Waals surface area contributed by atoms with Crippen LogP contribution in [0, 0.1) is 0 Å². The monoisotopic (exact) mass is 222 g/mol. The van der Waals surface area contributed by atoms with E-state index in [0.29, 0.717) is 0 Å². The molecule has 0 aliphatic heterocycles. The van der Waals surface area contributed by atoms with Crippen molar-refractivity contribution in [3.8, 4) is 0 Å². The average Bonchev–Trinajstić information content (AvgIpc) is 2.97. The number of aromatic nitrogens is 2. The summed E-state index contributed by atoms with van der Waals surface area (Å²) in [6.07, 6.45) is 6.43. The Balaban J connectivity index is 2.25. The van der Waals surface area contributed by atoms with Crippen LogP contribution in [0.2, 0.25) is 0 Å². The largest absolute Gasteiger partial charge is 0.235 e. The van der Waals surface area contributed by atoms with Gasteiger partial charge in [-0.15, -0.1) is 23.1 Å². The smallest absolute Gasteiger partial charge is 0.117 e. The van der Waals surface area contributed by atoms with Crippen LogP contribution >= 0.6 is 23.1 Å². The van der Waals surface area contributed by atoms with E-state index in [1.807, 2.05) is 0 Å². The van der Waals surface area contributed by atoms with Gasteiger partial charge in [0.15, 0.2) is 0 Å². The van der Waals surface area contributed by atoms with Crippen molar-refractivity contribution in [2.75, 3.05) is 6.26 Å². The Morgan fingerprint density at radius 3 is 3.00 bits per heavy atom. The second-order valence-corrected chi connectivity index (χ2v) is 5.20. The molecular weight excluding hydrogens is 212 g/mol. The van der Waals surface area contributed by atoms with Crippen LogP contribution in [0.5, 0.6) is 0 Å². The fourth-order valence-corrected chi connectivity index (χ4v) is 3.49. The first-order valence-corrected chi connectivity index (χ1v) is 6.76. The SMILES string of the molecule is CSc1ncnc2c(C3CC3)csc12. The number of rotatable bonds is 2. The minimum atomic E-state index is 0.786. The summed E-state index contributed by atoms with van der Waals surface area (Å²) in [4.78, 5) is 8.68. The Hall–Kier alpha value is -0.610. The molecule has 1 aliphatic rings. The van der Waals surface area contributed by atoms with Gasteiger partial charge in [-0.25, -0.2) is 9.97 Å². The average molecular weight is 222 g/mol. The molecule has 0 N–H and O–H groups in total. The maximum Gasteiger partial charge on any atom is 0.117 e. The minimum absolute atomic E-state index is 0.786. The van der Waals surface area contributed by atoms with E-state index in [-0.39, 0.29) is 0 Å². The summed E-state index contributed by atoms with van der Waals surface area (Å²) in [5.74, 6) is 0.786. The lowest BCUT2D eigenvalue weighted by atomic mass is 10.2. The van der Waals surface area contributed by atoms with Gasteiger partial charge in [-0.1, -0.05) is 0 Å². The number of hydrogen-bond acceptors (Lipinski definition) is 4. The van der Waals surface area contributed by atoms with Crippen molar-refractivity contribution in [3.63, 3.8) is 0 Å². The quantitative estimate of drug-likeness (QED) is 0.576. The lowest BCUT2D eigenvalue weighted by Gasteiger charge is -1.97. The molecule has 2 nitrogen and oxygen atoms in total. The number of fused-ring (bicyclic) bond motifs is 1. The Morgan fingerprint density at radius 2 is 2.29 bits per heavy atom. The second-order valence-electron chi connectivity index (χ2n) is 3.53. The van der Waals surface area contributed by atoms with Gasteiger partial charge in [-0.05, 0) is 36.0 Å². The molecule has 0 saturated heterocycles. The van der Waals surface area contributed by atoms with E-state index in [9.17, 15) is 0 Å². The molecule has 4 heteroatoms. The van der Waals surface area contributed by atoms with Gasteiger partial charge in [0, 0.05) is 0 Å². The number of thioether (sulfide) groups is 1. The van der Waals surface area contributed by atoms with Gasteiger partial charge in [0.05, 0.1) is 10.2 Å². The van der Waals surface area contributed by atoms with Crippen LogP contribution in [-0.2, 0) is 0 Å². The zero-order valence-electron chi connectivity index (χ0n) is 7.86. The summed E-state index contributed by atoms with van der Waals surface area (Å²) in [7, 11) is 0. The lowest BCUT2D eigenvalue weighted by Crippen LogP contribution is -1.84. The highest BCUT2D eigenvalue weighted by atomic mass is 32.2. The van der Waals surface area contributed by atoms with Crippen molar-refractivity contribution in [3.05, 3.63) is 17.3 Å². The molecule has 0 spiro atoms. The van der Waals surface area contributed by atoms with Gasteiger partial charge in [0.2, 0.25) is 0 Å². The summed E-state index contributed by atoms with van der Waals surface area (Å²) in [6, 6.07) is 0. The fourth-order valence-electron chi connectivity index (χ4n) is 1.68. The molecule has 72 valence electrons. The molecule has 0 bridgehead atoms. The highest BCUT2D eigenvalue weighted by molar-refractivity contribution is 7.98. The van der Waals surface area contributed by atoms with Crippen LogP contribution in [0.3, 0.4) is 0 Å². The first-order chi connectivity index (χ1) is 6.90. The van der Waals surface area contributed by atoms with E-state index in [2.05, 4.69) is 21.6 Å². The van der Waals surface area contributed by atoms with Crippen LogP contribution in [0.4, 0.5) is 0 Å². The third-order valence-corrected chi connectivity index (χ3v) is 4.38. The molecule has 1 saturated carbocycles. The van der Waals surface area contributed by atoms with Crippen molar-refractivity contribution in [2.24, 2.45) is 0 Å². The number of thiophene rings is 1. The standard InChI is InChI=1S/C10H10N2S2/c1-13-10-9-8(11-5-12-10)7(4-14-9)6-2-3-6/h4-6H,2-3H2,1H3. The number of nitrogens with zero attached hydrogens (tertiary/aromatic N) is 2. The van der Waals surface area contributed by atoms with Crippen molar-refractivity contribution in [1.29, 1.82) is 0 Å². The molecule has 0 aromatic carbocycles. The normalized spacial score (nSPS) is 16.4. The molecule has 1 fully saturated rings. The first kappa shape index (κ1) is 8.68. The molecule has 1 aliphatic carbocycles. The Morgan fingerprint density at radius 1 is 1.43 bits per heavy atom. The van der Waals surface area contributed by atoms with Gasteiger partial charge in [-0.3, -0.25) is 0 Å². The molecule has 2 aromatic heterocycles. The zero-order chi connectivity index (χ0) is 9.54. The summed E-state index contributed by atoms with van der Waals surface area (Å²) in [6.45, 7) is 0. The number of hydrogen-bond donors (Lipinski definition) is 0. The van der Waals surface area contributed by atoms with Crippen molar-refractivity contribution in [1.82, 2.24) is 9.97 Å². The first-order valence-electron chi connectivity index (χ1n) is 4.66. The summed E-state index contributed by atoms with van der Waals surface area (Å²) in [5, 5.41) is 3.38. The Labute approximate surface area is 90.8 Å². The van der Waals surface area contributed by atoms with E-state index in [1.54, 1.807) is 29.4 Å². The molecule has 0 amide bonds.